The highest BCUT2D eigenvalue weighted by molar-refractivity contribution is 7.08. The van der Waals surface area contributed by atoms with E-state index in [-0.39, 0.29) is 11.9 Å². The minimum atomic E-state index is -0.105. The molecule has 3 aromatic rings. The van der Waals surface area contributed by atoms with Gasteiger partial charge in [-0.2, -0.15) is 0 Å². The van der Waals surface area contributed by atoms with E-state index in [9.17, 15) is 4.79 Å². The zero-order chi connectivity index (χ0) is 16.2. The van der Waals surface area contributed by atoms with E-state index >= 15 is 0 Å². The Hall–Kier alpha value is -2.21. The van der Waals surface area contributed by atoms with Gasteiger partial charge in [0.2, 0.25) is 0 Å². The molecule has 3 rings (SSSR count). The molecular weight excluding hydrogens is 310 g/mol. The maximum atomic E-state index is 12.4. The second-order valence-corrected chi connectivity index (χ2v) is 6.38. The van der Waals surface area contributed by atoms with E-state index in [1.54, 1.807) is 0 Å². The Kier molecular flexibility index (Phi) is 4.71. The van der Waals surface area contributed by atoms with Crippen LogP contribution in [0.3, 0.4) is 0 Å². The number of furan rings is 1. The number of nitrogens with zero attached hydrogens (tertiary/aromatic N) is 2. The topological polar surface area (TPSA) is 68.0 Å². The van der Waals surface area contributed by atoms with Crippen molar-refractivity contribution in [3.8, 4) is 0 Å². The fourth-order valence-electron chi connectivity index (χ4n) is 2.56. The molecule has 5 nitrogen and oxygen atoms in total. The van der Waals surface area contributed by atoms with Crippen molar-refractivity contribution in [1.29, 1.82) is 0 Å². The van der Waals surface area contributed by atoms with Gasteiger partial charge in [0.1, 0.15) is 16.2 Å². The predicted molar refractivity (Wildman–Crippen MR) is 90.8 cm³/mol. The summed E-state index contributed by atoms with van der Waals surface area (Å²) in [6.07, 6.45) is 2.37. The van der Waals surface area contributed by atoms with Crippen molar-refractivity contribution in [3.05, 3.63) is 46.7 Å². The molecule has 0 saturated heterocycles. The Labute approximate surface area is 138 Å². The van der Waals surface area contributed by atoms with Crippen molar-refractivity contribution in [1.82, 2.24) is 14.9 Å². The summed E-state index contributed by atoms with van der Waals surface area (Å²) in [4.78, 5) is 13.0. The lowest BCUT2D eigenvalue weighted by Gasteiger charge is -2.11. The lowest BCUT2D eigenvalue weighted by atomic mass is 10.1. The molecule has 0 spiro atoms. The molecule has 0 bridgehead atoms. The van der Waals surface area contributed by atoms with Gasteiger partial charge in [0.15, 0.2) is 0 Å². The zero-order valence-electron chi connectivity index (χ0n) is 13.2. The van der Waals surface area contributed by atoms with E-state index < -0.39 is 0 Å². The third-order valence-corrected chi connectivity index (χ3v) is 4.38. The van der Waals surface area contributed by atoms with Crippen LogP contribution in [-0.4, -0.2) is 21.5 Å². The van der Waals surface area contributed by atoms with Crippen molar-refractivity contribution in [2.75, 3.05) is 0 Å². The monoisotopic (exact) mass is 329 g/mol. The summed E-state index contributed by atoms with van der Waals surface area (Å²) in [5, 5.41) is 8.12. The molecule has 120 valence electrons. The molecule has 0 fully saturated rings. The zero-order valence-corrected chi connectivity index (χ0v) is 14.0. The van der Waals surface area contributed by atoms with Gasteiger partial charge in [-0.3, -0.25) is 4.79 Å². The maximum Gasteiger partial charge on any atom is 0.265 e. The van der Waals surface area contributed by atoms with Gasteiger partial charge in [-0.05, 0) is 37.0 Å². The molecule has 0 aliphatic carbocycles. The van der Waals surface area contributed by atoms with Gasteiger partial charge in [0, 0.05) is 17.8 Å². The molecule has 0 radical (unpaired) electrons. The molecule has 1 atom stereocenters. The number of amides is 1. The summed E-state index contributed by atoms with van der Waals surface area (Å²) >= 11 is 1.15. The summed E-state index contributed by atoms with van der Waals surface area (Å²) in [7, 11) is 0. The fourth-order valence-corrected chi connectivity index (χ4v) is 3.17. The van der Waals surface area contributed by atoms with Gasteiger partial charge in [-0.1, -0.05) is 36.0 Å². The van der Waals surface area contributed by atoms with Crippen LogP contribution in [-0.2, 0) is 12.8 Å². The maximum absolute atomic E-state index is 12.4. The molecule has 0 aliphatic rings. The molecule has 0 aliphatic heterocycles. The Balaban J connectivity index is 1.65. The standard InChI is InChI=1S/C17H19N3O2S/c1-3-6-14-16(23-20-19-14)17(21)18-11(2)9-13-10-12-7-4-5-8-15(12)22-13/h4-5,7-8,10-11H,3,6,9H2,1-2H3,(H,18,21)/t11-/m0/s1. The number of aromatic nitrogens is 2. The Morgan fingerprint density at radius 3 is 3.00 bits per heavy atom. The van der Waals surface area contributed by atoms with Crippen molar-refractivity contribution < 1.29 is 9.21 Å². The van der Waals surface area contributed by atoms with Crippen LogP contribution in [0.5, 0.6) is 0 Å². The smallest absolute Gasteiger partial charge is 0.265 e. The molecule has 1 N–H and O–H groups in total. The van der Waals surface area contributed by atoms with E-state index in [1.165, 1.54) is 0 Å². The molecule has 2 aromatic heterocycles. The first-order valence-electron chi connectivity index (χ1n) is 7.77. The van der Waals surface area contributed by atoms with Crippen LogP contribution in [0.1, 0.15) is 41.4 Å². The van der Waals surface area contributed by atoms with Crippen LogP contribution in [0.4, 0.5) is 0 Å². The van der Waals surface area contributed by atoms with Crippen molar-refractivity contribution in [3.63, 3.8) is 0 Å². The number of carbonyl (C=O) groups excluding carboxylic acids is 1. The first-order valence-corrected chi connectivity index (χ1v) is 8.54. The minimum absolute atomic E-state index is 0.0281. The predicted octanol–water partition coefficient (Wildman–Crippen LogP) is 3.60. The van der Waals surface area contributed by atoms with E-state index in [2.05, 4.69) is 21.8 Å². The fraction of sp³-hybridized carbons (Fsp3) is 0.353. The average Bonchev–Trinajstić information content (AvgIpc) is 3.13. The van der Waals surface area contributed by atoms with Crippen LogP contribution in [0.2, 0.25) is 0 Å². The van der Waals surface area contributed by atoms with Gasteiger partial charge in [-0.25, -0.2) is 0 Å². The number of hydrogen-bond acceptors (Lipinski definition) is 5. The molecule has 6 heteroatoms. The average molecular weight is 329 g/mol. The number of fused-ring (bicyclic) bond motifs is 1. The number of hydrogen-bond donors (Lipinski definition) is 1. The van der Waals surface area contributed by atoms with Gasteiger partial charge in [0.25, 0.3) is 5.91 Å². The van der Waals surface area contributed by atoms with Crippen molar-refractivity contribution >= 4 is 28.4 Å². The number of benzene rings is 1. The normalized spacial score (nSPS) is 12.4. The molecule has 0 saturated carbocycles. The third-order valence-electron chi connectivity index (χ3n) is 3.61. The number of aryl methyl sites for hydroxylation is 1. The first-order chi connectivity index (χ1) is 11.2. The largest absolute Gasteiger partial charge is 0.461 e. The number of para-hydroxylation sites is 1. The molecular formula is C17H19N3O2S. The molecule has 1 amide bonds. The highest BCUT2D eigenvalue weighted by atomic mass is 32.1. The molecule has 2 heterocycles. The number of rotatable bonds is 6. The van der Waals surface area contributed by atoms with Gasteiger partial charge in [0.05, 0.1) is 5.69 Å². The lowest BCUT2D eigenvalue weighted by molar-refractivity contribution is 0.0942. The quantitative estimate of drug-likeness (QED) is 0.750. The highest BCUT2D eigenvalue weighted by Gasteiger charge is 2.18. The number of carbonyl (C=O) groups is 1. The van der Waals surface area contributed by atoms with E-state index in [4.69, 9.17) is 4.42 Å². The van der Waals surface area contributed by atoms with Crippen LogP contribution >= 0.6 is 11.5 Å². The van der Waals surface area contributed by atoms with Crippen molar-refractivity contribution in [2.45, 2.75) is 39.2 Å². The van der Waals surface area contributed by atoms with Crippen LogP contribution in [0.25, 0.3) is 11.0 Å². The summed E-state index contributed by atoms with van der Waals surface area (Å²) < 4.78 is 9.69. The Morgan fingerprint density at radius 1 is 1.39 bits per heavy atom. The van der Waals surface area contributed by atoms with Crippen LogP contribution in [0, 0.1) is 0 Å². The first kappa shape index (κ1) is 15.7. The van der Waals surface area contributed by atoms with E-state index in [0.29, 0.717) is 11.3 Å². The van der Waals surface area contributed by atoms with Crippen LogP contribution < -0.4 is 5.32 Å². The van der Waals surface area contributed by atoms with E-state index in [1.807, 2.05) is 37.3 Å². The lowest BCUT2D eigenvalue weighted by Crippen LogP contribution is -2.34. The number of nitrogens with one attached hydrogen (secondary N) is 1. The highest BCUT2D eigenvalue weighted by Crippen LogP contribution is 2.20. The molecule has 0 unspecified atom stereocenters. The van der Waals surface area contributed by atoms with Crippen LogP contribution in [0.15, 0.2) is 34.7 Å². The van der Waals surface area contributed by atoms with E-state index in [0.717, 1.165) is 46.8 Å². The summed E-state index contributed by atoms with van der Waals surface area (Å²) in [6, 6.07) is 9.90. The Morgan fingerprint density at radius 2 is 2.22 bits per heavy atom. The van der Waals surface area contributed by atoms with Crippen molar-refractivity contribution in [2.24, 2.45) is 0 Å². The SMILES string of the molecule is CCCc1nnsc1C(=O)N[C@@H](C)Cc1cc2ccccc2o1. The van der Waals surface area contributed by atoms with Gasteiger partial charge in [-0.15, -0.1) is 5.10 Å². The second-order valence-electron chi connectivity index (χ2n) is 5.63. The summed E-state index contributed by atoms with van der Waals surface area (Å²) in [5.41, 5.74) is 1.66. The minimum Gasteiger partial charge on any atom is -0.461 e. The second kappa shape index (κ2) is 6.91. The summed E-state index contributed by atoms with van der Waals surface area (Å²) in [6.45, 7) is 4.03. The molecule has 1 aromatic carbocycles. The third kappa shape index (κ3) is 3.59. The Bertz CT molecular complexity index is 776. The molecule has 23 heavy (non-hydrogen) atoms. The van der Waals surface area contributed by atoms with Gasteiger partial charge >= 0.3 is 0 Å². The van der Waals surface area contributed by atoms with Gasteiger partial charge < -0.3 is 9.73 Å². The summed E-state index contributed by atoms with van der Waals surface area (Å²) in [5.74, 6) is 0.766.